The molecule has 0 radical (unpaired) electrons. The molecule has 2 heterocycles. The highest BCUT2D eigenvalue weighted by atomic mass is 35.5. The Hall–Kier alpha value is -2.09. The van der Waals surface area contributed by atoms with Gasteiger partial charge in [0.15, 0.2) is 0 Å². The van der Waals surface area contributed by atoms with Crippen LogP contribution >= 0.6 is 23.7 Å². The number of hydrogen-bond donors (Lipinski definition) is 2. The van der Waals surface area contributed by atoms with E-state index in [1.807, 2.05) is 46.7 Å². The van der Waals surface area contributed by atoms with E-state index in [0.717, 1.165) is 22.7 Å². The van der Waals surface area contributed by atoms with Crippen molar-refractivity contribution < 1.29 is 14.3 Å². The van der Waals surface area contributed by atoms with E-state index < -0.39 is 0 Å². The first-order valence-electron chi connectivity index (χ1n) is 9.03. The van der Waals surface area contributed by atoms with Gasteiger partial charge in [0, 0.05) is 37.0 Å². The molecule has 1 saturated heterocycles. The minimum atomic E-state index is -0.303. The number of piperazine rings is 1. The monoisotopic (exact) mass is 423 g/mol. The van der Waals surface area contributed by atoms with Crippen LogP contribution in [0.3, 0.4) is 0 Å². The first-order chi connectivity index (χ1) is 13.1. The molecule has 3 rings (SSSR count). The van der Waals surface area contributed by atoms with Gasteiger partial charge in [0.25, 0.3) is 0 Å². The second kappa shape index (κ2) is 10.5. The van der Waals surface area contributed by atoms with Crippen molar-refractivity contribution in [1.29, 1.82) is 0 Å². The van der Waals surface area contributed by atoms with Gasteiger partial charge in [-0.1, -0.05) is 24.3 Å². The molecule has 1 aliphatic rings. The number of para-hydroxylation sites is 1. The number of amides is 2. The third-order valence-corrected chi connectivity index (χ3v) is 5.69. The lowest BCUT2D eigenvalue weighted by molar-refractivity contribution is -0.135. The maximum Gasteiger partial charge on any atom is 0.225 e. The van der Waals surface area contributed by atoms with E-state index in [-0.39, 0.29) is 42.7 Å². The summed E-state index contributed by atoms with van der Waals surface area (Å²) in [6.07, 6.45) is 0.242. The van der Waals surface area contributed by atoms with Crippen LogP contribution in [0.5, 0.6) is 5.75 Å². The fraction of sp³-hybridized carbons (Fsp3) is 0.400. The lowest BCUT2D eigenvalue weighted by Crippen LogP contribution is -2.49. The summed E-state index contributed by atoms with van der Waals surface area (Å²) in [7, 11) is 1.64. The van der Waals surface area contributed by atoms with Crippen LogP contribution in [-0.2, 0) is 9.59 Å². The van der Waals surface area contributed by atoms with Crippen molar-refractivity contribution in [3.8, 4) is 5.75 Å². The number of halogens is 1. The second-order valence-corrected chi connectivity index (χ2v) is 7.50. The molecule has 152 valence electrons. The maximum absolute atomic E-state index is 13.2. The van der Waals surface area contributed by atoms with Gasteiger partial charge in [0.2, 0.25) is 11.8 Å². The zero-order valence-electron chi connectivity index (χ0n) is 16.0. The Morgan fingerprint density at radius 1 is 1.32 bits per heavy atom. The normalized spacial score (nSPS) is 17.4. The Morgan fingerprint density at radius 2 is 2.11 bits per heavy atom. The molecule has 0 aliphatic carbocycles. The molecule has 2 amide bonds. The number of nitrogens with one attached hydrogen (secondary N) is 2. The Balaban J connectivity index is 0.00000280. The lowest BCUT2D eigenvalue weighted by Gasteiger charge is -2.37. The molecular formula is C20H26ClN3O3S. The van der Waals surface area contributed by atoms with Crippen LogP contribution in [0.2, 0.25) is 0 Å². The van der Waals surface area contributed by atoms with Crippen molar-refractivity contribution >= 4 is 35.6 Å². The third kappa shape index (κ3) is 5.25. The Labute approximate surface area is 175 Å². The van der Waals surface area contributed by atoms with Crippen molar-refractivity contribution in [1.82, 2.24) is 15.5 Å². The van der Waals surface area contributed by atoms with Crippen LogP contribution in [0.15, 0.2) is 41.8 Å². The minimum absolute atomic E-state index is 0. The molecule has 0 spiro atoms. The molecule has 28 heavy (non-hydrogen) atoms. The molecule has 2 unspecified atom stereocenters. The third-order valence-electron chi connectivity index (χ3n) is 4.70. The summed E-state index contributed by atoms with van der Waals surface area (Å²) >= 11 is 1.55. The Morgan fingerprint density at radius 3 is 2.79 bits per heavy atom. The van der Waals surface area contributed by atoms with Crippen LogP contribution in [0.25, 0.3) is 0 Å². The van der Waals surface area contributed by atoms with Gasteiger partial charge in [-0.25, -0.2) is 0 Å². The van der Waals surface area contributed by atoms with E-state index in [9.17, 15) is 9.59 Å². The molecule has 2 N–H and O–H groups in total. The lowest BCUT2D eigenvalue weighted by atomic mass is 10.0. The van der Waals surface area contributed by atoms with Crippen molar-refractivity contribution in [3.05, 3.63) is 52.2 Å². The van der Waals surface area contributed by atoms with Gasteiger partial charge < -0.3 is 20.3 Å². The summed E-state index contributed by atoms with van der Waals surface area (Å²) < 4.78 is 5.50. The van der Waals surface area contributed by atoms with Crippen molar-refractivity contribution in [2.75, 3.05) is 26.7 Å². The number of rotatable bonds is 6. The second-order valence-electron chi connectivity index (χ2n) is 6.52. The summed E-state index contributed by atoms with van der Waals surface area (Å²) in [6.45, 7) is 3.53. The minimum Gasteiger partial charge on any atom is -0.496 e. The molecule has 0 saturated carbocycles. The molecular weight excluding hydrogens is 398 g/mol. The molecule has 1 fully saturated rings. The van der Waals surface area contributed by atoms with Crippen LogP contribution in [0.1, 0.15) is 35.9 Å². The van der Waals surface area contributed by atoms with E-state index in [1.54, 1.807) is 18.4 Å². The largest absolute Gasteiger partial charge is 0.496 e. The number of carbonyl (C=O) groups excluding carboxylic acids is 2. The van der Waals surface area contributed by atoms with Crippen molar-refractivity contribution in [2.45, 2.75) is 25.4 Å². The Bertz CT molecular complexity index is 785. The summed E-state index contributed by atoms with van der Waals surface area (Å²) in [4.78, 5) is 27.7. The average molecular weight is 424 g/mol. The van der Waals surface area contributed by atoms with Crippen molar-refractivity contribution in [3.63, 3.8) is 0 Å². The summed E-state index contributed by atoms with van der Waals surface area (Å²) in [5.41, 5.74) is 0.993. The molecule has 2 aromatic rings. The first kappa shape index (κ1) is 22.2. The molecule has 1 aromatic carbocycles. The predicted octanol–water partition coefficient (Wildman–Crippen LogP) is 2.92. The molecule has 1 aliphatic heterocycles. The topological polar surface area (TPSA) is 70.7 Å². The number of carbonyl (C=O) groups is 2. The van der Waals surface area contributed by atoms with E-state index in [0.29, 0.717) is 13.1 Å². The molecule has 2 atom stereocenters. The zero-order chi connectivity index (χ0) is 19.2. The highest BCUT2D eigenvalue weighted by molar-refractivity contribution is 7.10. The highest BCUT2D eigenvalue weighted by Gasteiger charge is 2.31. The van der Waals surface area contributed by atoms with Gasteiger partial charge in [-0.15, -0.1) is 23.7 Å². The van der Waals surface area contributed by atoms with Gasteiger partial charge in [0.1, 0.15) is 5.75 Å². The zero-order valence-corrected chi connectivity index (χ0v) is 17.6. The molecule has 1 aromatic heterocycles. The van der Waals surface area contributed by atoms with Crippen LogP contribution in [0, 0.1) is 0 Å². The predicted molar refractivity (Wildman–Crippen MR) is 113 cm³/mol. The first-order valence-corrected chi connectivity index (χ1v) is 9.91. The highest BCUT2D eigenvalue weighted by Crippen LogP contribution is 2.32. The fourth-order valence-corrected chi connectivity index (χ4v) is 4.25. The van der Waals surface area contributed by atoms with E-state index in [1.165, 1.54) is 6.92 Å². The number of nitrogens with zero attached hydrogens (tertiary/aromatic N) is 1. The van der Waals surface area contributed by atoms with Crippen LogP contribution in [0.4, 0.5) is 0 Å². The van der Waals surface area contributed by atoms with E-state index >= 15 is 0 Å². The van der Waals surface area contributed by atoms with E-state index in [4.69, 9.17) is 4.74 Å². The van der Waals surface area contributed by atoms with Gasteiger partial charge in [-0.2, -0.15) is 0 Å². The van der Waals surface area contributed by atoms with Crippen LogP contribution < -0.4 is 15.4 Å². The number of hydrogen-bond acceptors (Lipinski definition) is 5. The van der Waals surface area contributed by atoms with E-state index in [2.05, 4.69) is 10.6 Å². The number of benzene rings is 1. The van der Waals surface area contributed by atoms with Gasteiger partial charge in [-0.05, 0) is 17.5 Å². The standard InChI is InChI=1S/C20H25N3O3S.ClH/c1-14(24)22-16(19-8-5-11-27-19)12-20(25)23-10-9-21-13-17(23)15-6-3-4-7-18(15)26-2;/h3-8,11,16-17,21H,9-10,12-13H2,1-2H3,(H,22,24);1H. The van der Waals surface area contributed by atoms with Crippen LogP contribution in [-0.4, -0.2) is 43.5 Å². The quantitative estimate of drug-likeness (QED) is 0.749. The smallest absolute Gasteiger partial charge is 0.225 e. The number of ether oxygens (including phenoxy) is 1. The SMILES string of the molecule is COc1ccccc1C1CNCCN1C(=O)CC(NC(C)=O)c1cccs1.Cl. The Kier molecular flexibility index (Phi) is 8.29. The molecule has 0 bridgehead atoms. The number of methoxy groups -OCH3 is 1. The summed E-state index contributed by atoms with van der Waals surface area (Å²) in [5, 5.41) is 8.23. The summed E-state index contributed by atoms with van der Waals surface area (Å²) in [6, 6.07) is 11.3. The fourth-order valence-electron chi connectivity index (χ4n) is 3.47. The van der Waals surface area contributed by atoms with Crippen molar-refractivity contribution in [2.24, 2.45) is 0 Å². The van der Waals surface area contributed by atoms with Gasteiger partial charge >= 0.3 is 0 Å². The van der Waals surface area contributed by atoms with Gasteiger partial charge in [-0.3, -0.25) is 9.59 Å². The molecule has 8 heteroatoms. The van der Waals surface area contributed by atoms with Gasteiger partial charge in [0.05, 0.1) is 25.6 Å². The summed E-state index contributed by atoms with van der Waals surface area (Å²) in [5.74, 6) is 0.669. The average Bonchev–Trinajstić information content (AvgIpc) is 3.22. The maximum atomic E-state index is 13.2. The molecule has 6 nitrogen and oxygen atoms in total. The number of thiophene rings is 1.